The molecule has 3 nitrogen and oxygen atoms in total. The monoisotopic (exact) mass is 238 g/mol. The van der Waals surface area contributed by atoms with Crippen LogP contribution in [0.15, 0.2) is 29.1 Å². The van der Waals surface area contributed by atoms with Crippen LogP contribution in [-0.4, -0.2) is 9.55 Å². The minimum Gasteiger partial charge on any atom is -0.325 e. The second-order valence-corrected chi connectivity index (χ2v) is 5.12. The average molecular weight is 238 g/mol. The number of rotatable bonds is 0. The molecule has 1 aromatic carbocycles. The second-order valence-electron chi connectivity index (χ2n) is 5.12. The molecule has 2 aliphatic rings. The molecule has 0 unspecified atom stereocenters. The zero-order valence-corrected chi connectivity index (χ0v) is 10.1. The molecule has 0 amide bonds. The van der Waals surface area contributed by atoms with Crippen LogP contribution in [-0.2, 0) is 19.4 Å². The van der Waals surface area contributed by atoms with Crippen molar-refractivity contribution in [2.45, 2.75) is 32.2 Å². The van der Waals surface area contributed by atoms with E-state index in [4.69, 9.17) is 0 Å². The van der Waals surface area contributed by atoms with Gasteiger partial charge in [0, 0.05) is 16.8 Å². The SMILES string of the molecule is O=c1nc2n(c3c1CCCC3)Cc1ccccc1-2. The van der Waals surface area contributed by atoms with E-state index in [-0.39, 0.29) is 5.56 Å². The van der Waals surface area contributed by atoms with E-state index in [1.807, 2.05) is 6.07 Å². The van der Waals surface area contributed by atoms with Gasteiger partial charge in [0.1, 0.15) is 5.82 Å². The van der Waals surface area contributed by atoms with Gasteiger partial charge in [0.2, 0.25) is 0 Å². The average Bonchev–Trinajstić information content (AvgIpc) is 2.78. The maximum Gasteiger partial charge on any atom is 0.276 e. The fraction of sp³-hybridized carbons (Fsp3) is 0.333. The third-order valence-corrected chi connectivity index (χ3v) is 4.07. The number of hydrogen-bond acceptors (Lipinski definition) is 2. The summed E-state index contributed by atoms with van der Waals surface area (Å²) in [6, 6.07) is 8.26. The van der Waals surface area contributed by atoms with Gasteiger partial charge in [-0.2, -0.15) is 4.98 Å². The smallest absolute Gasteiger partial charge is 0.276 e. The Labute approximate surface area is 105 Å². The molecule has 0 radical (unpaired) electrons. The number of benzene rings is 1. The van der Waals surface area contributed by atoms with Crippen molar-refractivity contribution in [3.05, 3.63) is 51.4 Å². The van der Waals surface area contributed by atoms with E-state index in [2.05, 4.69) is 27.8 Å². The molecule has 90 valence electrons. The van der Waals surface area contributed by atoms with E-state index < -0.39 is 0 Å². The molecule has 0 saturated carbocycles. The van der Waals surface area contributed by atoms with Crippen LogP contribution in [0.5, 0.6) is 0 Å². The van der Waals surface area contributed by atoms with Crippen LogP contribution >= 0.6 is 0 Å². The Bertz CT molecular complexity index is 700. The van der Waals surface area contributed by atoms with E-state index in [0.29, 0.717) is 0 Å². The molecule has 0 fully saturated rings. The number of fused-ring (bicyclic) bond motifs is 5. The molecule has 1 aliphatic carbocycles. The quantitative estimate of drug-likeness (QED) is 0.601. The lowest BCUT2D eigenvalue weighted by Gasteiger charge is -2.19. The van der Waals surface area contributed by atoms with Gasteiger partial charge in [-0.15, -0.1) is 0 Å². The Hall–Kier alpha value is -1.90. The highest BCUT2D eigenvalue weighted by molar-refractivity contribution is 5.65. The maximum absolute atomic E-state index is 12.1. The standard InChI is InChI=1S/C15H14N2O/c18-15-12-7-3-4-8-13(12)17-9-10-5-1-2-6-11(10)14(17)16-15/h1-2,5-6H,3-4,7-9H2. The minimum absolute atomic E-state index is 0.00680. The van der Waals surface area contributed by atoms with Gasteiger partial charge in [0.25, 0.3) is 5.56 Å². The van der Waals surface area contributed by atoms with Crippen molar-refractivity contribution in [3.8, 4) is 11.4 Å². The molecule has 4 rings (SSSR count). The molecule has 0 bridgehead atoms. The molecule has 1 aliphatic heterocycles. The Morgan fingerprint density at radius 3 is 2.89 bits per heavy atom. The first kappa shape index (κ1) is 10.1. The molecule has 1 aromatic heterocycles. The molecule has 2 heterocycles. The predicted molar refractivity (Wildman–Crippen MR) is 69.7 cm³/mol. The summed E-state index contributed by atoms with van der Waals surface area (Å²) in [4.78, 5) is 16.4. The van der Waals surface area contributed by atoms with Gasteiger partial charge in [-0.3, -0.25) is 4.79 Å². The van der Waals surface area contributed by atoms with Crippen LogP contribution in [0.25, 0.3) is 11.4 Å². The molecule has 0 atom stereocenters. The first-order valence-corrected chi connectivity index (χ1v) is 6.55. The Balaban J connectivity index is 2.04. The van der Waals surface area contributed by atoms with Crippen LogP contribution in [0.4, 0.5) is 0 Å². The summed E-state index contributed by atoms with van der Waals surface area (Å²) in [7, 11) is 0. The summed E-state index contributed by atoms with van der Waals surface area (Å²) >= 11 is 0. The van der Waals surface area contributed by atoms with Crippen molar-refractivity contribution in [2.75, 3.05) is 0 Å². The summed E-state index contributed by atoms with van der Waals surface area (Å²) in [5, 5.41) is 0. The van der Waals surface area contributed by atoms with Crippen LogP contribution in [0.2, 0.25) is 0 Å². The maximum atomic E-state index is 12.1. The van der Waals surface area contributed by atoms with Crippen molar-refractivity contribution in [2.24, 2.45) is 0 Å². The van der Waals surface area contributed by atoms with E-state index >= 15 is 0 Å². The Kier molecular flexibility index (Phi) is 1.98. The normalized spacial score (nSPS) is 16.0. The van der Waals surface area contributed by atoms with Crippen molar-refractivity contribution >= 4 is 0 Å². The van der Waals surface area contributed by atoms with Crippen LogP contribution in [0.3, 0.4) is 0 Å². The summed E-state index contributed by atoms with van der Waals surface area (Å²) < 4.78 is 2.25. The zero-order valence-electron chi connectivity index (χ0n) is 10.1. The van der Waals surface area contributed by atoms with Crippen LogP contribution < -0.4 is 5.56 Å². The Morgan fingerprint density at radius 1 is 1.11 bits per heavy atom. The topological polar surface area (TPSA) is 34.9 Å². The Morgan fingerprint density at radius 2 is 1.94 bits per heavy atom. The van der Waals surface area contributed by atoms with Gasteiger partial charge in [-0.05, 0) is 31.2 Å². The molecule has 0 spiro atoms. The largest absolute Gasteiger partial charge is 0.325 e. The third-order valence-electron chi connectivity index (χ3n) is 4.07. The summed E-state index contributed by atoms with van der Waals surface area (Å²) in [5.74, 6) is 0.872. The minimum atomic E-state index is -0.00680. The predicted octanol–water partition coefficient (Wildman–Crippen LogP) is 2.15. The van der Waals surface area contributed by atoms with Gasteiger partial charge in [-0.25, -0.2) is 0 Å². The fourth-order valence-corrected chi connectivity index (χ4v) is 3.19. The van der Waals surface area contributed by atoms with Gasteiger partial charge in [0.05, 0.1) is 6.54 Å². The van der Waals surface area contributed by atoms with E-state index in [1.165, 1.54) is 17.7 Å². The number of nitrogens with zero attached hydrogens (tertiary/aromatic N) is 2. The van der Waals surface area contributed by atoms with E-state index in [9.17, 15) is 4.79 Å². The van der Waals surface area contributed by atoms with Crippen molar-refractivity contribution < 1.29 is 0 Å². The highest BCUT2D eigenvalue weighted by Crippen LogP contribution is 2.32. The molecule has 0 N–H and O–H groups in total. The van der Waals surface area contributed by atoms with Gasteiger partial charge >= 0.3 is 0 Å². The molecular weight excluding hydrogens is 224 g/mol. The van der Waals surface area contributed by atoms with Gasteiger partial charge < -0.3 is 4.57 Å². The summed E-state index contributed by atoms with van der Waals surface area (Å²) in [6.45, 7) is 0.876. The van der Waals surface area contributed by atoms with Crippen LogP contribution in [0, 0.1) is 0 Å². The highest BCUT2D eigenvalue weighted by atomic mass is 16.1. The summed E-state index contributed by atoms with van der Waals surface area (Å²) in [6.07, 6.45) is 4.23. The van der Waals surface area contributed by atoms with Gasteiger partial charge in [-0.1, -0.05) is 24.3 Å². The van der Waals surface area contributed by atoms with Crippen molar-refractivity contribution in [1.29, 1.82) is 0 Å². The number of aromatic nitrogens is 2. The van der Waals surface area contributed by atoms with Crippen molar-refractivity contribution in [1.82, 2.24) is 9.55 Å². The fourth-order valence-electron chi connectivity index (χ4n) is 3.19. The summed E-state index contributed by atoms with van der Waals surface area (Å²) in [5.41, 5.74) is 4.59. The van der Waals surface area contributed by atoms with Crippen LogP contribution in [0.1, 0.15) is 29.7 Å². The molecule has 0 saturated heterocycles. The molecule has 18 heavy (non-hydrogen) atoms. The first-order chi connectivity index (χ1) is 8.84. The van der Waals surface area contributed by atoms with Crippen molar-refractivity contribution in [3.63, 3.8) is 0 Å². The molecule has 2 aromatic rings. The van der Waals surface area contributed by atoms with Gasteiger partial charge in [0.15, 0.2) is 0 Å². The lowest BCUT2D eigenvalue weighted by Crippen LogP contribution is -2.25. The highest BCUT2D eigenvalue weighted by Gasteiger charge is 2.25. The zero-order chi connectivity index (χ0) is 12.1. The molecule has 3 heteroatoms. The van der Waals surface area contributed by atoms with E-state index in [1.54, 1.807) is 0 Å². The third kappa shape index (κ3) is 1.24. The lowest BCUT2D eigenvalue weighted by atomic mass is 9.97. The number of hydrogen-bond donors (Lipinski definition) is 0. The van der Waals surface area contributed by atoms with E-state index in [0.717, 1.165) is 42.8 Å². The first-order valence-electron chi connectivity index (χ1n) is 6.55. The second kappa shape index (κ2) is 3.55. The molecular formula is C15H14N2O. The lowest BCUT2D eigenvalue weighted by molar-refractivity contribution is 0.609.